The third-order valence-corrected chi connectivity index (χ3v) is 1.99. The predicted octanol–water partition coefficient (Wildman–Crippen LogP) is -0.302. The van der Waals surface area contributed by atoms with Crippen LogP contribution < -0.4 is 10.6 Å². The van der Waals surface area contributed by atoms with Crippen molar-refractivity contribution in [2.24, 2.45) is 0 Å². The highest BCUT2D eigenvalue weighted by Crippen LogP contribution is 2.02. The van der Waals surface area contributed by atoms with Gasteiger partial charge in [-0.2, -0.15) is 0 Å². The Morgan fingerprint density at radius 3 is 2.47 bits per heavy atom. The lowest BCUT2D eigenvalue weighted by atomic mass is 10.4. The predicted molar refractivity (Wildman–Crippen MR) is 64.4 cm³/mol. The van der Waals surface area contributed by atoms with Gasteiger partial charge in [0.05, 0.1) is 0 Å². The van der Waals surface area contributed by atoms with Crippen molar-refractivity contribution in [1.82, 2.24) is 15.2 Å². The highest BCUT2D eigenvalue weighted by molar-refractivity contribution is 6.39. The van der Waals surface area contributed by atoms with Gasteiger partial charge >= 0.3 is 11.8 Å². The fraction of sp³-hybridized carbons (Fsp3) is 0.364. The molecule has 0 aromatic carbocycles. The van der Waals surface area contributed by atoms with Crippen LogP contribution in [0.15, 0.2) is 24.5 Å². The highest BCUT2D eigenvalue weighted by Gasteiger charge is 2.12. The molecule has 6 heteroatoms. The first-order valence-corrected chi connectivity index (χ1v) is 5.23. The second-order valence-corrected chi connectivity index (χ2v) is 3.75. The summed E-state index contributed by atoms with van der Waals surface area (Å²) in [5, 5.41) is 5.00. The number of nitrogens with one attached hydrogen (secondary N) is 2. The van der Waals surface area contributed by atoms with Gasteiger partial charge in [0.1, 0.15) is 0 Å². The molecule has 0 aliphatic rings. The molecule has 1 heterocycles. The van der Waals surface area contributed by atoms with Crippen LogP contribution in [0, 0.1) is 0 Å². The molecular weight excluding hydrogens is 220 g/mol. The number of amides is 2. The van der Waals surface area contributed by atoms with E-state index in [2.05, 4.69) is 15.6 Å². The summed E-state index contributed by atoms with van der Waals surface area (Å²) in [5.41, 5.74) is 0.549. The summed E-state index contributed by atoms with van der Waals surface area (Å²) in [4.78, 5) is 28.5. The first-order valence-electron chi connectivity index (χ1n) is 5.23. The summed E-state index contributed by atoms with van der Waals surface area (Å²) in [6, 6.07) is 3.23. The number of likely N-dealkylation sites (N-methyl/N-ethyl adjacent to an activating group) is 1. The minimum absolute atomic E-state index is 0.440. The van der Waals surface area contributed by atoms with E-state index in [4.69, 9.17) is 0 Å². The number of carbonyl (C=O) groups excluding carboxylic acids is 2. The summed E-state index contributed by atoms with van der Waals surface area (Å²) in [6.45, 7) is 1.13. The van der Waals surface area contributed by atoms with Crippen LogP contribution >= 0.6 is 0 Å². The molecule has 1 rings (SSSR count). The molecule has 92 valence electrons. The van der Waals surface area contributed by atoms with Crippen molar-refractivity contribution in [2.75, 3.05) is 32.5 Å². The first-order chi connectivity index (χ1) is 8.09. The molecule has 0 spiro atoms. The number of aromatic nitrogens is 1. The zero-order valence-electron chi connectivity index (χ0n) is 9.93. The van der Waals surface area contributed by atoms with Gasteiger partial charge in [-0.3, -0.25) is 14.6 Å². The molecule has 0 fully saturated rings. The number of hydrogen-bond donors (Lipinski definition) is 2. The van der Waals surface area contributed by atoms with Crippen LogP contribution in [-0.4, -0.2) is 48.9 Å². The van der Waals surface area contributed by atoms with Crippen molar-refractivity contribution in [2.45, 2.75) is 0 Å². The van der Waals surface area contributed by atoms with Crippen LogP contribution in [0.2, 0.25) is 0 Å². The van der Waals surface area contributed by atoms with Crippen molar-refractivity contribution in [3.63, 3.8) is 0 Å². The van der Waals surface area contributed by atoms with Crippen LogP contribution in [0.3, 0.4) is 0 Å². The normalized spacial score (nSPS) is 10.1. The Morgan fingerprint density at radius 1 is 1.24 bits per heavy atom. The van der Waals surface area contributed by atoms with E-state index in [0.29, 0.717) is 18.8 Å². The molecule has 0 radical (unpaired) electrons. The second kappa shape index (κ2) is 6.59. The summed E-state index contributed by atoms with van der Waals surface area (Å²) < 4.78 is 0. The fourth-order valence-corrected chi connectivity index (χ4v) is 1.10. The van der Waals surface area contributed by atoms with Crippen LogP contribution in [-0.2, 0) is 9.59 Å². The van der Waals surface area contributed by atoms with Crippen LogP contribution in [0.5, 0.6) is 0 Å². The number of pyridine rings is 1. The molecule has 0 aliphatic heterocycles. The molecule has 0 aliphatic carbocycles. The maximum absolute atomic E-state index is 11.4. The summed E-state index contributed by atoms with van der Waals surface area (Å²) in [5.74, 6) is -1.31. The molecule has 1 aromatic rings. The van der Waals surface area contributed by atoms with Crippen molar-refractivity contribution in [3.05, 3.63) is 24.5 Å². The third kappa shape index (κ3) is 5.07. The summed E-state index contributed by atoms with van der Waals surface area (Å²) in [7, 11) is 3.78. The Labute approximate surface area is 100 Å². The molecule has 2 N–H and O–H groups in total. The Balaban J connectivity index is 2.35. The second-order valence-electron chi connectivity index (χ2n) is 3.75. The van der Waals surface area contributed by atoms with Crippen molar-refractivity contribution >= 4 is 17.5 Å². The van der Waals surface area contributed by atoms with E-state index >= 15 is 0 Å². The van der Waals surface area contributed by atoms with E-state index < -0.39 is 11.8 Å². The largest absolute Gasteiger partial charge is 0.347 e. The smallest absolute Gasteiger partial charge is 0.313 e. The molecule has 0 saturated heterocycles. The zero-order valence-corrected chi connectivity index (χ0v) is 9.93. The number of nitrogens with zero attached hydrogens (tertiary/aromatic N) is 2. The van der Waals surface area contributed by atoms with Gasteiger partial charge in [-0.25, -0.2) is 0 Å². The van der Waals surface area contributed by atoms with E-state index in [1.807, 2.05) is 19.0 Å². The monoisotopic (exact) mass is 236 g/mol. The minimum atomic E-state index is -0.671. The average molecular weight is 236 g/mol. The van der Waals surface area contributed by atoms with Gasteiger partial charge in [-0.05, 0) is 26.2 Å². The van der Waals surface area contributed by atoms with Crippen molar-refractivity contribution < 1.29 is 9.59 Å². The van der Waals surface area contributed by atoms with Gasteiger partial charge in [0.2, 0.25) is 0 Å². The zero-order chi connectivity index (χ0) is 12.7. The van der Waals surface area contributed by atoms with Gasteiger partial charge < -0.3 is 15.5 Å². The van der Waals surface area contributed by atoms with Gasteiger partial charge in [0.15, 0.2) is 0 Å². The van der Waals surface area contributed by atoms with Gasteiger partial charge in [0, 0.05) is 31.2 Å². The van der Waals surface area contributed by atoms with Crippen LogP contribution in [0.25, 0.3) is 0 Å². The molecule has 0 atom stereocenters. The lowest BCUT2D eigenvalue weighted by Crippen LogP contribution is -2.38. The Bertz CT molecular complexity index is 378. The van der Waals surface area contributed by atoms with Crippen molar-refractivity contribution in [3.8, 4) is 0 Å². The van der Waals surface area contributed by atoms with Gasteiger partial charge in [-0.1, -0.05) is 0 Å². The molecule has 6 nitrogen and oxygen atoms in total. The quantitative estimate of drug-likeness (QED) is 0.704. The fourth-order valence-electron chi connectivity index (χ4n) is 1.10. The topological polar surface area (TPSA) is 74.3 Å². The van der Waals surface area contributed by atoms with E-state index in [1.165, 1.54) is 0 Å². The molecule has 0 saturated carbocycles. The maximum Gasteiger partial charge on any atom is 0.313 e. The Hall–Kier alpha value is -1.95. The van der Waals surface area contributed by atoms with Crippen LogP contribution in [0.4, 0.5) is 5.69 Å². The van der Waals surface area contributed by atoms with E-state index in [-0.39, 0.29) is 0 Å². The SMILES string of the molecule is CN(C)CCNC(=O)C(=O)Nc1ccncc1. The molecule has 0 unspecified atom stereocenters. The molecular formula is C11H16N4O2. The highest BCUT2D eigenvalue weighted by atomic mass is 16.2. The van der Waals surface area contributed by atoms with E-state index in [1.54, 1.807) is 24.5 Å². The van der Waals surface area contributed by atoms with Crippen molar-refractivity contribution in [1.29, 1.82) is 0 Å². The molecule has 0 bridgehead atoms. The standard InChI is InChI=1S/C11H16N4O2/c1-15(2)8-7-13-10(16)11(17)14-9-3-5-12-6-4-9/h3-6H,7-8H2,1-2H3,(H,13,16)(H,12,14,17). The number of hydrogen-bond acceptors (Lipinski definition) is 4. The lowest BCUT2D eigenvalue weighted by Gasteiger charge is -2.10. The first kappa shape index (κ1) is 13.1. The number of rotatable bonds is 4. The Morgan fingerprint density at radius 2 is 1.88 bits per heavy atom. The van der Waals surface area contributed by atoms with E-state index in [0.717, 1.165) is 0 Å². The van der Waals surface area contributed by atoms with E-state index in [9.17, 15) is 9.59 Å². The molecule has 1 aromatic heterocycles. The van der Waals surface area contributed by atoms with Gasteiger partial charge in [0.25, 0.3) is 0 Å². The van der Waals surface area contributed by atoms with Crippen LogP contribution in [0.1, 0.15) is 0 Å². The minimum Gasteiger partial charge on any atom is -0.347 e. The summed E-state index contributed by atoms with van der Waals surface area (Å²) in [6.07, 6.45) is 3.08. The Kier molecular flexibility index (Phi) is 5.09. The third-order valence-electron chi connectivity index (χ3n) is 1.99. The number of carbonyl (C=O) groups is 2. The maximum atomic E-state index is 11.4. The molecule has 2 amide bonds. The number of anilines is 1. The summed E-state index contributed by atoms with van der Waals surface area (Å²) >= 11 is 0. The molecule has 17 heavy (non-hydrogen) atoms. The van der Waals surface area contributed by atoms with Gasteiger partial charge in [-0.15, -0.1) is 0 Å². The lowest BCUT2D eigenvalue weighted by molar-refractivity contribution is -0.136. The average Bonchev–Trinajstić information content (AvgIpc) is 2.29.